The lowest BCUT2D eigenvalue weighted by atomic mass is 10.0. The highest BCUT2D eigenvalue weighted by Gasteiger charge is 2.19. The second kappa shape index (κ2) is 9.24. The van der Waals surface area contributed by atoms with Gasteiger partial charge in [0, 0.05) is 38.1 Å². The van der Waals surface area contributed by atoms with E-state index in [4.69, 9.17) is 0 Å². The Bertz CT molecular complexity index is 923. The van der Waals surface area contributed by atoms with E-state index in [1.54, 1.807) is 18.3 Å². The van der Waals surface area contributed by atoms with E-state index in [9.17, 15) is 14.4 Å². The number of hydrogen-bond acceptors (Lipinski definition) is 4. The first-order chi connectivity index (χ1) is 14.0. The predicted molar refractivity (Wildman–Crippen MR) is 113 cm³/mol. The Labute approximate surface area is 171 Å². The second-order valence-corrected chi connectivity index (χ2v) is 7.36. The Morgan fingerprint density at radius 3 is 2.34 bits per heavy atom. The van der Waals surface area contributed by atoms with Crippen molar-refractivity contribution in [2.45, 2.75) is 19.8 Å². The Hall–Kier alpha value is -3.33. The first kappa shape index (κ1) is 20.4. The lowest BCUT2D eigenvalue weighted by Gasteiger charge is -2.35. The second-order valence-electron chi connectivity index (χ2n) is 7.36. The number of hydrogen-bond donors (Lipinski definition) is 1. The number of rotatable bonds is 5. The summed E-state index contributed by atoms with van der Waals surface area (Å²) in [7, 11) is 0. The number of nitrogens with one attached hydrogen (secondary N) is 1. The Kier molecular flexibility index (Phi) is 6.50. The fourth-order valence-electron chi connectivity index (χ4n) is 3.27. The third-order valence-corrected chi connectivity index (χ3v) is 5.02. The molecule has 1 saturated heterocycles. The van der Waals surface area contributed by atoms with E-state index in [1.165, 1.54) is 11.6 Å². The third-order valence-electron chi connectivity index (χ3n) is 5.02. The van der Waals surface area contributed by atoms with Crippen molar-refractivity contribution in [2.24, 2.45) is 0 Å². The van der Waals surface area contributed by atoms with Crippen LogP contribution in [0.4, 0.5) is 15.8 Å². The Morgan fingerprint density at radius 1 is 1.10 bits per heavy atom. The number of nitrogens with zero attached hydrogens (tertiary/aromatic N) is 3. The van der Waals surface area contributed by atoms with Crippen LogP contribution in [-0.4, -0.2) is 37.0 Å². The molecule has 6 heteroatoms. The predicted octanol–water partition coefficient (Wildman–Crippen LogP) is 4.12. The van der Waals surface area contributed by atoms with Gasteiger partial charge in [-0.25, -0.2) is 4.39 Å². The molecule has 1 N–H and O–H groups in total. The maximum atomic E-state index is 14.0. The molecule has 1 fully saturated rings. The van der Waals surface area contributed by atoms with Crippen LogP contribution in [-0.2, 0) is 4.79 Å². The van der Waals surface area contributed by atoms with E-state index in [0.717, 1.165) is 0 Å². The molecule has 0 aromatic heterocycles. The highest BCUT2D eigenvalue weighted by Crippen LogP contribution is 2.21. The van der Waals surface area contributed by atoms with Gasteiger partial charge in [-0.05, 0) is 35.7 Å². The van der Waals surface area contributed by atoms with Crippen molar-refractivity contribution < 1.29 is 9.18 Å². The van der Waals surface area contributed by atoms with Gasteiger partial charge in [-0.2, -0.15) is 5.26 Å². The molecule has 1 heterocycles. The van der Waals surface area contributed by atoms with E-state index >= 15 is 0 Å². The van der Waals surface area contributed by atoms with Crippen molar-refractivity contribution >= 4 is 17.3 Å². The van der Waals surface area contributed by atoms with Crippen LogP contribution in [0, 0.1) is 17.1 Å². The smallest absolute Gasteiger partial charge is 0.267 e. The van der Waals surface area contributed by atoms with Gasteiger partial charge in [0.2, 0.25) is 0 Å². The molecule has 5 nitrogen and oxygen atoms in total. The van der Waals surface area contributed by atoms with Crippen LogP contribution in [0.5, 0.6) is 0 Å². The number of carbonyl (C=O) groups excluding carboxylic acids is 1. The van der Waals surface area contributed by atoms with Gasteiger partial charge in [-0.15, -0.1) is 0 Å². The average molecular weight is 392 g/mol. The summed E-state index contributed by atoms with van der Waals surface area (Å²) in [6.07, 6.45) is 1.59. The zero-order chi connectivity index (χ0) is 20.8. The van der Waals surface area contributed by atoms with Crippen LogP contribution in [0.15, 0.2) is 60.3 Å². The van der Waals surface area contributed by atoms with Gasteiger partial charge in [0.1, 0.15) is 17.5 Å². The number of para-hydroxylation sites is 1. The number of piperazine rings is 1. The normalized spacial score (nSPS) is 14.7. The first-order valence-corrected chi connectivity index (χ1v) is 9.74. The van der Waals surface area contributed by atoms with Gasteiger partial charge in [-0.3, -0.25) is 4.79 Å². The third kappa shape index (κ3) is 5.14. The molecule has 0 unspecified atom stereocenters. The number of nitriles is 1. The highest BCUT2D eigenvalue weighted by molar-refractivity contribution is 6.06. The zero-order valence-electron chi connectivity index (χ0n) is 16.7. The van der Waals surface area contributed by atoms with Gasteiger partial charge in [0.05, 0.1) is 5.69 Å². The topological polar surface area (TPSA) is 59.4 Å². The largest absolute Gasteiger partial charge is 0.373 e. The van der Waals surface area contributed by atoms with Crippen molar-refractivity contribution in [3.8, 4) is 6.07 Å². The minimum atomic E-state index is -0.429. The van der Waals surface area contributed by atoms with Crippen LogP contribution in [0.2, 0.25) is 0 Å². The van der Waals surface area contributed by atoms with Crippen molar-refractivity contribution in [1.82, 2.24) is 4.90 Å². The molecule has 0 spiro atoms. The quantitative estimate of drug-likeness (QED) is 0.614. The average Bonchev–Trinajstić information content (AvgIpc) is 2.73. The van der Waals surface area contributed by atoms with E-state index in [-0.39, 0.29) is 11.4 Å². The molecule has 3 rings (SSSR count). The summed E-state index contributed by atoms with van der Waals surface area (Å²) >= 11 is 0. The van der Waals surface area contributed by atoms with Crippen LogP contribution in [0.1, 0.15) is 25.3 Å². The molecule has 29 heavy (non-hydrogen) atoms. The molecule has 1 aliphatic heterocycles. The molecule has 0 saturated carbocycles. The zero-order valence-corrected chi connectivity index (χ0v) is 16.7. The van der Waals surface area contributed by atoms with Gasteiger partial charge < -0.3 is 15.1 Å². The van der Waals surface area contributed by atoms with Crippen LogP contribution >= 0.6 is 0 Å². The van der Waals surface area contributed by atoms with E-state index in [0.29, 0.717) is 43.5 Å². The van der Waals surface area contributed by atoms with Gasteiger partial charge in [0.15, 0.2) is 0 Å². The number of benzene rings is 2. The SMILES string of the molecule is CC(C)c1ccc(NC(=O)/C(C#N)=C\N2CCN(c3ccccc3F)CC2)cc1. The van der Waals surface area contributed by atoms with E-state index in [1.807, 2.05) is 46.2 Å². The standard InChI is InChI=1S/C23H25FN4O/c1-17(2)18-7-9-20(10-8-18)26-23(29)19(15-25)16-27-11-13-28(14-12-27)22-6-4-3-5-21(22)24/h3-10,16-17H,11-14H2,1-2H3,(H,26,29)/b19-16-. The summed E-state index contributed by atoms with van der Waals surface area (Å²) in [5, 5.41) is 12.2. The molecule has 1 aliphatic rings. The molecule has 0 aliphatic carbocycles. The van der Waals surface area contributed by atoms with Crippen LogP contribution < -0.4 is 10.2 Å². The molecule has 1 amide bonds. The molecule has 0 atom stereocenters. The van der Waals surface area contributed by atoms with Crippen molar-refractivity contribution in [3.63, 3.8) is 0 Å². The molecule has 2 aromatic rings. The van der Waals surface area contributed by atoms with E-state index < -0.39 is 5.91 Å². The maximum Gasteiger partial charge on any atom is 0.267 e. The molecular formula is C23H25FN4O. The summed E-state index contributed by atoms with van der Waals surface area (Å²) in [4.78, 5) is 16.4. The number of amides is 1. The minimum Gasteiger partial charge on any atom is -0.373 e. The highest BCUT2D eigenvalue weighted by atomic mass is 19.1. The molecular weight excluding hydrogens is 367 g/mol. The first-order valence-electron chi connectivity index (χ1n) is 9.74. The summed E-state index contributed by atoms with van der Waals surface area (Å²) in [5.41, 5.74) is 2.48. The molecule has 150 valence electrons. The van der Waals surface area contributed by atoms with Crippen molar-refractivity contribution in [2.75, 3.05) is 36.4 Å². The van der Waals surface area contributed by atoms with Crippen LogP contribution in [0.25, 0.3) is 0 Å². The Morgan fingerprint density at radius 2 is 1.76 bits per heavy atom. The van der Waals surface area contributed by atoms with Crippen molar-refractivity contribution in [1.29, 1.82) is 5.26 Å². The number of anilines is 2. The van der Waals surface area contributed by atoms with Crippen LogP contribution in [0.3, 0.4) is 0 Å². The Balaban J connectivity index is 1.60. The fraction of sp³-hybridized carbons (Fsp3) is 0.304. The molecule has 2 aromatic carbocycles. The van der Waals surface area contributed by atoms with Gasteiger partial charge >= 0.3 is 0 Å². The summed E-state index contributed by atoms with van der Waals surface area (Å²) < 4.78 is 14.0. The lowest BCUT2D eigenvalue weighted by molar-refractivity contribution is -0.112. The number of halogens is 1. The summed E-state index contributed by atoms with van der Waals surface area (Å²) in [5.74, 6) is -0.254. The fourth-order valence-corrected chi connectivity index (χ4v) is 3.27. The molecule has 0 radical (unpaired) electrons. The summed E-state index contributed by atoms with van der Waals surface area (Å²) in [6, 6.07) is 16.3. The van der Waals surface area contributed by atoms with Gasteiger partial charge in [0.25, 0.3) is 5.91 Å². The van der Waals surface area contributed by atoms with Gasteiger partial charge in [-0.1, -0.05) is 38.1 Å². The number of carbonyl (C=O) groups is 1. The maximum absolute atomic E-state index is 14.0. The van der Waals surface area contributed by atoms with E-state index in [2.05, 4.69) is 19.2 Å². The minimum absolute atomic E-state index is 0.0530. The lowest BCUT2D eigenvalue weighted by Crippen LogP contribution is -2.44. The summed E-state index contributed by atoms with van der Waals surface area (Å²) in [6.45, 7) is 6.67. The van der Waals surface area contributed by atoms with Crippen molar-refractivity contribution in [3.05, 3.63) is 71.7 Å². The molecule has 0 bridgehead atoms. The monoisotopic (exact) mass is 392 g/mol.